The number of aromatic amines is 1. The second kappa shape index (κ2) is 6.96. The van der Waals surface area contributed by atoms with Gasteiger partial charge in [0.2, 0.25) is 0 Å². The van der Waals surface area contributed by atoms with Gasteiger partial charge < -0.3 is 15.0 Å². The van der Waals surface area contributed by atoms with Crippen molar-refractivity contribution in [3.8, 4) is 0 Å². The molecule has 1 unspecified atom stereocenters. The van der Waals surface area contributed by atoms with E-state index in [4.69, 9.17) is 16.3 Å². The second-order valence-electron chi connectivity index (χ2n) is 4.85. The van der Waals surface area contributed by atoms with Crippen molar-refractivity contribution >= 4 is 29.2 Å². The first-order valence-corrected chi connectivity index (χ1v) is 7.07. The maximum Gasteiger partial charge on any atom is 0.416 e. The molecule has 1 atom stereocenters. The number of H-pyrrole nitrogens is 1. The van der Waals surface area contributed by atoms with E-state index in [1.165, 1.54) is 25.3 Å². The molecule has 2 N–H and O–H groups in total. The zero-order valence-electron chi connectivity index (χ0n) is 12.3. The molecule has 1 aromatic carbocycles. The van der Waals surface area contributed by atoms with Crippen molar-refractivity contribution in [2.45, 2.75) is 19.2 Å². The Kier molecular flexibility index (Phi) is 5.18. The van der Waals surface area contributed by atoms with E-state index in [1.54, 1.807) is 0 Å². The molecule has 128 valence electrons. The van der Waals surface area contributed by atoms with Crippen LogP contribution in [0.2, 0.25) is 5.02 Å². The van der Waals surface area contributed by atoms with Gasteiger partial charge in [-0.3, -0.25) is 4.79 Å². The topological polar surface area (TPSA) is 71.2 Å². The van der Waals surface area contributed by atoms with Crippen LogP contribution in [0.15, 0.2) is 36.5 Å². The lowest BCUT2D eigenvalue weighted by Gasteiger charge is -2.14. The van der Waals surface area contributed by atoms with Crippen molar-refractivity contribution in [2.24, 2.45) is 0 Å². The molecule has 0 aliphatic rings. The van der Waals surface area contributed by atoms with Gasteiger partial charge in [0.1, 0.15) is 5.69 Å². The van der Waals surface area contributed by atoms with Gasteiger partial charge in [-0.25, -0.2) is 4.79 Å². The number of esters is 1. The van der Waals surface area contributed by atoms with Crippen molar-refractivity contribution < 1.29 is 27.5 Å². The zero-order chi connectivity index (χ0) is 17.9. The van der Waals surface area contributed by atoms with Gasteiger partial charge >= 0.3 is 12.1 Å². The van der Waals surface area contributed by atoms with E-state index >= 15 is 0 Å². The van der Waals surface area contributed by atoms with E-state index in [0.717, 1.165) is 18.2 Å². The molecular formula is C15H12ClF3N2O3. The molecule has 0 bridgehead atoms. The molecule has 1 aromatic heterocycles. The average molecular weight is 361 g/mol. The number of alkyl halides is 3. The summed E-state index contributed by atoms with van der Waals surface area (Å²) in [5.41, 5.74) is -0.898. The van der Waals surface area contributed by atoms with Crippen molar-refractivity contribution in [1.82, 2.24) is 4.98 Å². The average Bonchev–Trinajstić information content (AvgIpc) is 2.93. The molecule has 0 aliphatic heterocycles. The smallest absolute Gasteiger partial charge is 0.416 e. The minimum atomic E-state index is -4.52. The number of carbonyl (C=O) groups is 2. The fraction of sp³-hybridized carbons (Fsp3) is 0.200. The SMILES string of the molecule is CC(OC(=O)c1cc(Cl)c[nH]1)C(=O)Nc1cccc(C(F)(F)F)c1. The molecule has 0 aliphatic carbocycles. The Morgan fingerprint density at radius 3 is 2.58 bits per heavy atom. The van der Waals surface area contributed by atoms with Gasteiger partial charge in [-0.1, -0.05) is 17.7 Å². The van der Waals surface area contributed by atoms with Crippen LogP contribution in [0.5, 0.6) is 0 Å². The van der Waals surface area contributed by atoms with E-state index in [0.29, 0.717) is 5.02 Å². The quantitative estimate of drug-likeness (QED) is 0.813. The van der Waals surface area contributed by atoms with Gasteiger partial charge in [-0.05, 0) is 31.2 Å². The number of amides is 1. The Bertz CT molecular complexity index is 758. The third-order valence-corrected chi connectivity index (χ3v) is 3.20. The molecule has 5 nitrogen and oxygen atoms in total. The van der Waals surface area contributed by atoms with Gasteiger partial charge in [-0.15, -0.1) is 0 Å². The normalized spacial score (nSPS) is 12.5. The lowest BCUT2D eigenvalue weighted by Crippen LogP contribution is -2.30. The summed E-state index contributed by atoms with van der Waals surface area (Å²) >= 11 is 5.65. The Balaban J connectivity index is 2.00. The molecule has 0 fully saturated rings. The first-order chi connectivity index (χ1) is 11.2. The van der Waals surface area contributed by atoms with E-state index in [-0.39, 0.29) is 11.4 Å². The molecule has 2 aromatic rings. The number of halogens is 4. The first-order valence-electron chi connectivity index (χ1n) is 6.70. The summed E-state index contributed by atoms with van der Waals surface area (Å²) in [7, 11) is 0. The van der Waals surface area contributed by atoms with Gasteiger partial charge in [-0.2, -0.15) is 13.2 Å². The van der Waals surface area contributed by atoms with Crippen LogP contribution in [0.25, 0.3) is 0 Å². The lowest BCUT2D eigenvalue weighted by molar-refractivity contribution is -0.137. The van der Waals surface area contributed by atoms with E-state index in [1.807, 2.05) is 0 Å². The fourth-order valence-electron chi connectivity index (χ4n) is 1.78. The molecule has 0 spiro atoms. The van der Waals surface area contributed by atoms with Crippen LogP contribution in [0, 0.1) is 0 Å². The summed E-state index contributed by atoms with van der Waals surface area (Å²) in [4.78, 5) is 26.3. The Labute approximate surface area is 139 Å². The highest BCUT2D eigenvalue weighted by atomic mass is 35.5. The largest absolute Gasteiger partial charge is 0.448 e. The minimum Gasteiger partial charge on any atom is -0.448 e. The van der Waals surface area contributed by atoms with Crippen LogP contribution >= 0.6 is 11.6 Å². The fourth-order valence-corrected chi connectivity index (χ4v) is 1.94. The number of aromatic nitrogens is 1. The van der Waals surface area contributed by atoms with Crippen LogP contribution in [0.4, 0.5) is 18.9 Å². The summed E-state index contributed by atoms with van der Waals surface area (Å²) in [5.74, 6) is -1.58. The molecule has 1 amide bonds. The number of rotatable bonds is 4. The Hall–Kier alpha value is -2.48. The van der Waals surface area contributed by atoms with E-state index < -0.39 is 29.7 Å². The van der Waals surface area contributed by atoms with Crippen LogP contribution in [-0.2, 0) is 15.7 Å². The number of nitrogens with one attached hydrogen (secondary N) is 2. The molecule has 0 radical (unpaired) electrons. The summed E-state index contributed by atoms with van der Waals surface area (Å²) < 4.78 is 42.8. The maximum absolute atomic E-state index is 12.6. The highest BCUT2D eigenvalue weighted by molar-refractivity contribution is 6.30. The first kappa shape index (κ1) is 17.9. The number of carbonyl (C=O) groups excluding carboxylic acids is 2. The lowest BCUT2D eigenvalue weighted by atomic mass is 10.2. The van der Waals surface area contributed by atoms with Gasteiger partial charge in [0.15, 0.2) is 6.10 Å². The standard InChI is InChI=1S/C15H12ClF3N2O3/c1-8(24-14(23)12-6-10(16)7-20-12)13(22)21-11-4-2-3-9(5-11)15(17,18)19/h2-8,20H,1H3,(H,21,22). The number of ether oxygens (including phenoxy) is 1. The van der Waals surface area contributed by atoms with Crippen molar-refractivity contribution in [1.29, 1.82) is 0 Å². The Morgan fingerprint density at radius 1 is 1.29 bits per heavy atom. The second-order valence-corrected chi connectivity index (χ2v) is 5.28. The highest BCUT2D eigenvalue weighted by Crippen LogP contribution is 2.30. The van der Waals surface area contributed by atoms with Gasteiger partial charge in [0, 0.05) is 11.9 Å². The van der Waals surface area contributed by atoms with Crippen LogP contribution < -0.4 is 5.32 Å². The molecule has 1 heterocycles. The number of hydrogen-bond donors (Lipinski definition) is 2. The number of hydrogen-bond acceptors (Lipinski definition) is 3. The predicted octanol–water partition coefficient (Wildman–Crippen LogP) is 3.87. The van der Waals surface area contributed by atoms with Crippen molar-refractivity contribution in [3.63, 3.8) is 0 Å². The summed E-state index contributed by atoms with van der Waals surface area (Å²) in [6.07, 6.45) is -4.37. The Morgan fingerprint density at radius 2 is 2.00 bits per heavy atom. The third-order valence-electron chi connectivity index (χ3n) is 2.98. The highest BCUT2D eigenvalue weighted by Gasteiger charge is 2.30. The maximum atomic E-state index is 12.6. The van der Waals surface area contributed by atoms with Crippen LogP contribution in [-0.4, -0.2) is 23.0 Å². The number of benzene rings is 1. The van der Waals surface area contributed by atoms with Crippen molar-refractivity contribution in [3.05, 3.63) is 52.8 Å². The molecule has 2 rings (SSSR count). The third kappa shape index (κ3) is 4.51. The van der Waals surface area contributed by atoms with E-state index in [9.17, 15) is 22.8 Å². The number of anilines is 1. The van der Waals surface area contributed by atoms with Gasteiger partial charge in [0.05, 0.1) is 10.6 Å². The van der Waals surface area contributed by atoms with Crippen LogP contribution in [0.1, 0.15) is 23.0 Å². The molecule has 9 heteroatoms. The van der Waals surface area contributed by atoms with Crippen molar-refractivity contribution in [2.75, 3.05) is 5.32 Å². The zero-order valence-corrected chi connectivity index (χ0v) is 13.0. The van der Waals surface area contributed by atoms with Gasteiger partial charge in [0.25, 0.3) is 5.91 Å². The molecule has 0 saturated heterocycles. The monoisotopic (exact) mass is 360 g/mol. The molecule has 0 saturated carbocycles. The van der Waals surface area contributed by atoms with Crippen LogP contribution in [0.3, 0.4) is 0 Å². The summed E-state index contributed by atoms with van der Waals surface area (Å²) in [6.45, 7) is 1.30. The predicted molar refractivity (Wildman–Crippen MR) is 80.8 cm³/mol. The summed E-state index contributed by atoms with van der Waals surface area (Å²) in [5, 5.41) is 2.56. The van der Waals surface area contributed by atoms with E-state index in [2.05, 4.69) is 10.3 Å². The summed E-state index contributed by atoms with van der Waals surface area (Å²) in [6, 6.07) is 5.45. The minimum absolute atomic E-state index is 0.0544. The molecular weight excluding hydrogens is 349 g/mol. The molecule has 24 heavy (non-hydrogen) atoms.